The number of benzene rings is 1. The third-order valence-electron chi connectivity index (χ3n) is 2.49. The van der Waals surface area contributed by atoms with E-state index in [0.29, 0.717) is 52.9 Å². The Balaban J connectivity index is 1.81. The van der Waals surface area contributed by atoms with Crippen molar-refractivity contribution in [2.75, 3.05) is 60.0 Å². The van der Waals surface area contributed by atoms with Gasteiger partial charge in [-0.15, -0.1) is 0 Å². The van der Waals surface area contributed by atoms with Crippen LogP contribution in [0, 0.1) is 0 Å². The van der Waals surface area contributed by atoms with Crippen LogP contribution >= 0.6 is 15.9 Å². The average molecular weight is 363 g/mol. The fraction of sp³-hybridized carbons (Fsp3) is 0.600. The van der Waals surface area contributed by atoms with Gasteiger partial charge in [-0.2, -0.15) is 0 Å². The van der Waals surface area contributed by atoms with Crippen molar-refractivity contribution in [3.8, 4) is 5.75 Å². The number of hydrogen-bond donors (Lipinski definition) is 0. The summed E-state index contributed by atoms with van der Waals surface area (Å²) < 4.78 is 27.4. The molecule has 0 aliphatic heterocycles. The van der Waals surface area contributed by atoms with Gasteiger partial charge in [0.05, 0.1) is 46.2 Å². The molecule has 21 heavy (non-hydrogen) atoms. The van der Waals surface area contributed by atoms with Crippen LogP contribution in [0.25, 0.3) is 0 Å². The Hall–Kier alpha value is -0.660. The highest BCUT2D eigenvalue weighted by atomic mass is 79.9. The molecule has 120 valence electrons. The number of methoxy groups -OCH3 is 1. The molecule has 0 unspecified atom stereocenters. The Kier molecular flexibility index (Phi) is 11.4. The van der Waals surface area contributed by atoms with Crippen LogP contribution < -0.4 is 4.74 Å². The molecule has 0 heterocycles. The summed E-state index contributed by atoms with van der Waals surface area (Å²) in [6.07, 6.45) is 0. The van der Waals surface area contributed by atoms with Crippen molar-refractivity contribution in [1.82, 2.24) is 0 Å². The van der Waals surface area contributed by atoms with Gasteiger partial charge in [-0.1, -0.05) is 15.9 Å². The predicted octanol–water partition coefficient (Wildman–Crippen LogP) is 2.52. The van der Waals surface area contributed by atoms with Crippen molar-refractivity contribution < 1.29 is 23.7 Å². The van der Waals surface area contributed by atoms with Crippen molar-refractivity contribution in [2.45, 2.75) is 0 Å². The van der Waals surface area contributed by atoms with Crippen molar-refractivity contribution in [3.63, 3.8) is 0 Å². The zero-order valence-electron chi connectivity index (χ0n) is 12.4. The van der Waals surface area contributed by atoms with Crippen LogP contribution in [0.1, 0.15) is 0 Å². The monoisotopic (exact) mass is 362 g/mol. The smallest absolute Gasteiger partial charge is 0.119 e. The quantitative estimate of drug-likeness (QED) is 0.504. The largest absolute Gasteiger partial charge is 0.491 e. The van der Waals surface area contributed by atoms with Crippen LogP contribution in [0.5, 0.6) is 5.75 Å². The second kappa shape index (κ2) is 13.0. The van der Waals surface area contributed by atoms with Crippen LogP contribution in [0.2, 0.25) is 0 Å². The Morgan fingerprint density at radius 1 is 0.714 bits per heavy atom. The molecule has 0 radical (unpaired) electrons. The molecule has 0 fully saturated rings. The summed E-state index contributed by atoms with van der Waals surface area (Å²) in [5, 5.41) is 0. The van der Waals surface area contributed by atoms with E-state index in [2.05, 4.69) is 15.9 Å². The summed E-state index contributed by atoms with van der Waals surface area (Å²) in [5.74, 6) is 0.839. The summed E-state index contributed by atoms with van der Waals surface area (Å²) in [7, 11) is 1.65. The molecule has 0 amide bonds. The maximum absolute atomic E-state index is 5.53. The Morgan fingerprint density at radius 2 is 1.19 bits per heavy atom. The normalized spacial score (nSPS) is 10.8. The molecule has 6 heteroatoms. The molecule has 0 N–H and O–H groups in total. The summed E-state index contributed by atoms with van der Waals surface area (Å²) in [6, 6.07) is 7.71. The van der Waals surface area contributed by atoms with E-state index in [1.807, 2.05) is 24.3 Å². The number of rotatable bonds is 13. The second-order valence-electron chi connectivity index (χ2n) is 4.13. The molecule has 0 aliphatic rings. The van der Waals surface area contributed by atoms with Gasteiger partial charge in [-0.05, 0) is 24.3 Å². The first-order valence-electron chi connectivity index (χ1n) is 6.93. The molecule has 0 atom stereocenters. The van der Waals surface area contributed by atoms with Crippen molar-refractivity contribution >= 4 is 15.9 Å². The van der Waals surface area contributed by atoms with Crippen LogP contribution in [0.15, 0.2) is 28.7 Å². The number of hydrogen-bond acceptors (Lipinski definition) is 5. The van der Waals surface area contributed by atoms with Gasteiger partial charge in [0.15, 0.2) is 0 Å². The standard InChI is InChI=1S/C15H23BrO5/c1-17-6-7-18-8-9-19-10-11-20-12-13-21-15-4-2-14(16)3-5-15/h2-5H,6-13H2,1H3. The van der Waals surface area contributed by atoms with E-state index in [-0.39, 0.29) is 0 Å². The molecule has 1 aromatic rings. The van der Waals surface area contributed by atoms with E-state index in [1.165, 1.54) is 0 Å². The minimum absolute atomic E-state index is 0.530. The molecule has 5 nitrogen and oxygen atoms in total. The van der Waals surface area contributed by atoms with E-state index >= 15 is 0 Å². The summed E-state index contributed by atoms with van der Waals surface area (Å²) in [4.78, 5) is 0. The van der Waals surface area contributed by atoms with Crippen molar-refractivity contribution in [1.29, 1.82) is 0 Å². The van der Waals surface area contributed by atoms with Crippen LogP contribution in [0.4, 0.5) is 0 Å². The molecule has 1 rings (SSSR count). The summed E-state index contributed by atoms with van der Waals surface area (Å²) in [6.45, 7) is 4.56. The van der Waals surface area contributed by atoms with Gasteiger partial charge in [0, 0.05) is 11.6 Å². The highest BCUT2D eigenvalue weighted by Crippen LogP contribution is 2.15. The van der Waals surface area contributed by atoms with Gasteiger partial charge in [-0.3, -0.25) is 0 Å². The lowest BCUT2D eigenvalue weighted by molar-refractivity contribution is 0.000163. The van der Waals surface area contributed by atoms with Gasteiger partial charge in [0.25, 0.3) is 0 Å². The maximum Gasteiger partial charge on any atom is 0.119 e. The fourth-order valence-corrected chi connectivity index (χ4v) is 1.70. The van der Waals surface area contributed by atoms with Crippen LogP contribution in [-0.2, 0) is 18.9 Å². The number of ether oxygens (including phenoxy) is 5. The van der Waals surface area contributed by atoms with E-state index in [0.717, 1.165) is 10.2 Å². The molecule has 0 saturated heterocycles. The van der Waals surface area contributed by atoms with Gasteiger partial charge in [-0.25, -0.2) is 0 Å². The molecule has 0 aromatic heterocycles. The third kappa shape index (κ3) is 10.7. The fourth-order valence-electron chi connectivity index (χ4n) is 1.43. The van der Waals surface area contributed by atoms with E-state index in [9.17, 15) is 0 Å². The minimum Gasteiger partial charge on any atom is -0.491 e. The number of halogens is 1. The van der Waals surface area contributed by atoms with Gasteiger partial charge >= 0.3 is 0 Å². The van der Waals surface area contributed by atoms with Crippen LogP contribution in [-0.4, -0.2) is 60.0 Å². The average Bonchev–Trinajstić information content (AvgIpc) is 2.50. The van der Waals surface area contributed by atoms with E-state index < -0.39 is 0 Å². The molecule has 1 aromatic carbocycles. The lowest BCUT2D eigenvalue weighted by Crippen LogP contribution is -2.13. The molecular weight excluding hydrogens is 340 g/mol. The minimum atomic E-state index is 0.530. The summed E-state index contributed by atoms with van der Waals surface area (Å²) >= 11 is 3.38. The lowest BCUT2D eigenvalue weighted by atomic mass is 10.3. The topological polar surface area (TPSA) is 46.2 Å². The van der Waals surface area contributed by atoms with Crippen molar-refractivity contribution in [3.05, 3.63) is 28.7 Å². The second-order valence-corrected chi connectivity index (χ2v) is 5.05. The molecular formula is C15H23BrO5. The lowest BCUT2D eigenvalue weighted by Gasteiger charge is -2.08. The molecule has 0 aliphatic carbocycles. The van der Waals surface area contributed by atoms with E-state index in [1.54, 1.807) is 7.11 Å². The molecule has 0 bridgehead atoms. The maximum atomic E-state index is 5.53. The first kappa shape index (κ1) is 18.4. The highest BCUT2D eigenvalue weighted by molar-refractivity contribution is 9.10. The van der Waals surface area contributed by atoms with E-state index in [4.69, 9.17) is 23.7 Å². The first-order valence-corrected chi connectivity index (χ1v) is 7.73. The third-order valence-corrected chi connectivity index (χ3v) is 3.01. The van der Waals surface area contributed by atoms with Crippen LogP contribution in [0.3, 0.4) is 0 Å². The van der Waals surface area contributed by atoms with Gasteiger partial charge in [0.2, 0.25) is 0 Å². The van der Waals surface area contributed by atoms with Crippen molar-refractivity contribution in [2.24, 2.45) is 0 Å². The predicted molar refractivity (Wildman–Crippen MR) is 84.0 cm³/mol. The first-order chi connectivity index (χ1) is 10.3. The zero-order valence-corrected chi connectivity index (χ0v) is 14.0. The van der Waals surface area contributed by atoms with Gasteiger partial charge < -0.3 is 23.7 Å². The highest BCUT2D eigenvalue weighted by Gasteiger charge is 1.95. The Morgan fingerprint density at radius 3 is 1.71 bits per heavy atom. The molecule has 0 spiro atoms. The Labute approximate surface area is 134 Å². The van der Waals surface area contributed by atoms with Gasteiger partial charge in [0.1, 0.15) is 12.4 Å². The Bertz CT molecular complexity index is 344. The summed E-state index contributed by atoms with van der Waals surface area (Å²) in [5.41, 5.74) is 0. The molecule has 0 saturated carbocycles. The zero-order chi connectivity index (χ0) is 15.2. The SMILES string of the molecule is COCCOCCOCCOCCOc1ccc(Br)cc1.